The van der Waals surface area contributed by atoms with E-state index >= 15 is 0 Å². The molecule has 0 unspecified atom stereocenters. The van der Waals surface area contributed by atoms with Crippen LogP contribution in [-0.4, -0.2) is 6.54 Å². The van der Waals surface area contributed by atoms with E-state index in [0.717, 1.165) is 19.3 Å². The number of hydrogen-bond donors (Lipinski definition) is 1. The number of nitriles is 1. The third-order valence-electron chi connectivity index (χ3n) is 2.78. The summed E-state index contributed by atoms with van der Waals surface area (Å²) in [4.78, 5) is 0. The van der Waals surface area contributed by atoms with Gasteiger partial charge >= 0.3 is 0 Å². The predicted molar refractivity (Wildman–Crippen MR) is 73.1 cm³/mol. The molecule has 0 atom stereocenters. The fourth-order valence-corrected chi connectivity index (χ4v) is 1.78. The van der Waals surface area contributed by atoms with Gasteiger partial charge in [0, 0.05) is 11.6 Å². The first-order chi connectivity index (χ1) is 8.44. The van der Waals surface area contributed by atoms with Crippen LogP contribution in [0, 0.1) is 22.6 Å². The quantitative estimate of drug-likeness (QED) is 0.765. The average molecular weight is 269 g/mol. The first-order valence-corrected chi connectivity index (χ1v) is 6.42. The van der Waals surface area contributed by atoms with Crippen LogP contribution in [0.2, 0.25) is 5.02 Å². The molecule has 0 radical (unpaired) electrons. The van der Waals surface area contributed by atoms with Crippen molar-refractivity contribution < 1.29 is 4.39 Å². The zero-order valence-corrected chi connectivity index (χ0v) is 11.5. The van der Waals surface area contributed by atoms with E-state index in [1.807, 2.05) is 13.8 Å². The van der Waals surface area contributed by atoms with Crippen LogP contribution >= 0.6 is 11.6 Å². The molecule has 98 valence electrons. The van der Waals surface area contributed by atoms with Crippen molar-refractivity contribution in [2.75, 3.05) is 11.9 Å². The summed E-state index contributed by atoms with van der Waals surface area (Å²) in [5, 5.41) is 12.4. The van der Waals surface area contributed by atoms with Crippen molar-refractivity contribution in [1.82, 2.24) is 0 Å². The molecule has 1 rings (SSSR count). The second-order valence-electron chi connectivity index (χ2n) is 5.00. The first kappa shape index (κ1) is 14.8. The number of rotatable bonds is 6. The monoisotopic (exact) mass is 268 g/mol. The molecule has 0 saturated heterocycles. The lowest BCUT2D eigenvalue weighted by Crippen LogP contribution is -2.09. The van der Waals surface area contributed by atoms with Crippen LogP contribution in [0.4, 0.5) is 10.1 Å². The van der Waals surface area contributed by atoms with E-state index in [-0.39, 0.29) is 11.2 Å². The maximum absolute atomic E-state index is 13.4. The minimum atomic E-state index is -0.295. The Morgan fingerprint density at radius 1 is 1.39 bits per heavy atom. The minimum absolute atomic E-state index is 0.276. The molecule has 0 spiro atoms. The summed E-state index contributed by atoms with van der Waals surface area (Å²) >= 11 is 5.79. The van der Waals surface area contributed by atoms with Crippen molar-refractivity contribution in [3.05, 3.63) is 29.0 Å². The number of anilines is 1. The number of hydrogen-bond acceptors (Lipinski definition) is 2. The van der Waals surface area contributed by atoms with Crippen molar-refractivity contribution in [2.24, 2.45) is 5.41 Å². The Kier molecular flexibility index (Phi) is 5.43. The Bertz CT molecular complexity index is 438. The minimum Gasteiger partial charge on any atom is -0.383 e. The van der Waals surface area contributed by atoms with Gasteiger partial charge in [0.15, 0.2) is 0 Å². The summed E-state index contributed by atoms with van der Waals surface area (Å²) in [6, 6.07) is 6.72. The van der Waals surface area contributed by atoms with Crippen LogP contribution in [0.5, 0.6) is 0 Å². The molecule has 2 nitrogen and oxygen atoms in total. The van der Waals surface area contributed by atoms with Gasteiger partial charge in [-0.25, -0.2) is 4.39 Å². The summed E-state index contributed by atoms with van der Waals surface area (Å²) in [5.74, 6) is -0.295. The molecule has 0 aliphatic carbocycles. The topological polar surface area (TPSA) is 35.8 Å². The Labute approximate surface area is 113 Å². The van der Waals surface area contributed by atoms with E-state index in [4.69, 9.17) is 16.9 Å². The molecule has 1 aromatic rings. The largest absolute Gasteiger partial charge is 0.383 e. The average Bonchev–Trinajstić information content (AvgIpc) is 2.33. The molecule has 1 N–H and O–H groups in total. The van der Waals surface area contributed by atoms with E-state index in [2.05, 4.69) is 11.4 Å². The molecule has 4 heteroatoms. The maximum atomic E-state index is 13.4. The molecule has 0 saturated carbocycles. The van der Waals surface area contributed by atoms with Crippen LogP contribution in [0.3, 0.4) is 0 Å². The highest BCUT2D eigenvalue weighted by Gasteiger charge is 2.15. The first-order valence-electron chi connectivity index (χ1n) is 6.05. The highest BCUT2D eigenvalue weighted by atomic mass is 35.5. The molecule has 0 amide bonds. The van der Waals surface area contributed by atoms with Gasteiger partial charge in [0.05, 0.1) is 17.2 Å². The Morgan fingerprint density at radius 2 is 2.11 bits per heavy atom. The van der Waals surface area contributed by atoms with Crippen LogP contribution in [-0.2, 0) is 0 Å². The van der Waals surface area contributed by atoms with Crippen LogP contribution in [0.25, 0.3) is 0 Å². The zero-order chi connectivity index (χ0) is 13.6. The zero-order valence-electron chi connectivity index (χ0n) is 10.8. The second-order valence-corrected chi connectivity index (χ2v) is 5.44. The number of nitrogens with zero attached hydrogens (tertiary/aromatic N) is 1. The standard InChI is InChI=1S/C14H18ClFN2/c1-14(2,10-17)7-3-4-8-18-13-9-11(15)5-6-12(13)16/h5-6,9,18H,3-4,7-8H2,1-2H3. The van der Waals surface area contributed by atoms with Crippen molar-refractivity contribution in [3.8, 4) is 6.07 Å². The van der Waals surface area contributed by atoms with Gasteiger partial charge in [-0.15, -0.1) is 0 Å². The third-order valence-corrected chi connectivity index (χ3v) is 3.01. The van der Waals surface area contributed by atoms with Gasteiger partial charge in [0.1, 0.15) is 5.82 Å². The van der Waals surface area contributed by atoms with Gasteiger partial charge in [-0.2, -0.15) is 5.26 Å². The molecule has 0 aliphatic rings. The Balaban J connectivity index is 2.30. The van der Waals surface area contributed by atoms with Gasteiger partial charge in [0.2, 0.25) is 0 Å². The Morgan fingerprint density at radius 3 is 2.78 bits per heavy atom. The molecule has 0 heterocycles. The molecule has 18 heavy (non-hydrogen) atoms. The summed E-state index contributed by atoms with van der Waals surface area (Å²) < 4.78 is 13.4. The SMILES string of the molecule is CC(C)(C#N)CCCCNc1cc(Cl)ccc1F. The highest BCUT2D eigenvalue weighted by Crippen LogP contribution is 2.22. The molecular weight excluding hydrogens is 251 g/mol. The summed E-state index contributed by atoms with van der Waals surface area (Å²) in [7, 11) is 0. The molecule has 0 fully saturated rings. The summed E-state index contributed by atoms with van der Waals surface area (Å²) in [5.41, 5.74) is 0.156. The molecule has 0 bridgehead atoms. The molecule has 1 aromatic carbocycles. The summed E-state index contributed by atoms with van der Waals surface area (Å²) in [6.07, 6.45) is 2.69. The lowest BCUT2D eigenvalue weighted by molar-refractivity contribution is 0.430. The number of nitrogens with one attached hydrogen (secondary N) is 1. The fourth-order valence-electron chi connectivity index (χ4n) is 1.60. The normalized spacial score (nSPS) is 11.1. The number of benzene rings is 1. The molecule has 0 aromatic heterocycles. The smallest absolute Gasteiger partial charge is 0.146 e. The second kappa shape index (κ2) is 6.61. The van der Waals surface area contributed by atoms with Gasteiger partial charge in [-0.1, -0.05) is 18.0 Å². The van der Waals surface area contributed by atoms with Crippen LogP contribution in [0.1, 0.15) is 33.1 Å². The number of unbranched alkanes of at least 4 members (excludes halogenated alkanes) is 1. The van der Waals surface area contributed by atoms with Crippen molar-refractivity contribution in [3.63, 3.8) is 0 Å². The van der Waals surface area contributed by atoms with Crippen molar-refractivity contribution in [2.45, 2.75) is 33.1 Å². The van der Waals surface area contributed by atoms with Gasteiger partial charge in [0.25, 0.3) is 0 Å². The maximum Gasteiger partial charge on any atom is 0.146 e. The van der Waals surface area contributed by atoms with E-state index < -0.39 is 0 Å². The highest BCUT2D eigenvalue weighted by molar-refractivity contribution is 6.30. The van der Waals surface area contributed by atoms with Gasteiger partial charge in [-0.3, -0.25) is 0 Å². The summed E-state index contributed by atoms with van der Waals surface area (Å²) in [6.45, 7) is 4.53. The van der Waals surface area contributed by atoms with Crippen molar-refractivity contribution >= 4 is 17.3 Å². The van der Waals surface area contributed by atoms with E-state index in [1.54, 1.807) is 6.07 Å². The number of halogens is 2. The molecule has 0 aliphatic heterocycles. The van der Waals surface area contributed by atoms with Crippen molar-refractivity contribution in [1.29, 1.82) is 5.26 Å². The fraction of sp³-hybridized carbons (Fsp3) is 0.500. The Hall–Kier alpha value is -1.27. The molecular formula is C14H18ClFN2. The predicted octanol–water partition coefficient (Wildman–Crippen LogP) is 4.61. The third kappa shape index (κ3) is 4.93. The van der Waals surface area contributed by atoms with Crippen LogP contribution in [0.15, 0.2) is 18.2 Å². The van der Waals surface area contributed by atoms with E-state index in [1.165, 1.54) is 12.1 Å². The lowest BCUT2D eigenvalue weighted by atomic mass is 9.89. The van der Waals surface area contributed by atoms with Crippen LogP contribution < -0.4 is 5.32 Å². The van der Waals surface area contributed by atoms with E-state index in [0.29, 0.717) is 17.3 Å². The van der Waals surface area contributed by atoms with Gasteiger partial charge in [-0.05, 0) is 44.9 Å². The van der Waals surface area contributed by atoms with E-state index in [9.17, 15) is 4.39 Å². The lowest BCUT2D eigenvalue weighted by Gasteiger charge is -2.14. The van der Waals surface area contributed by atoms with Gasteiger partial charge < -0.3 is 5.32 Å².